The number of aromatic nitrogens is 1. The van der Waals surface area contributed by atoms with Gasteiger partial charge in [0.2, 0.25) is 0 Å². The van der Waals surface area contributed by atoms with E-state index in [4.69, 9.17) is 4.74 Å². The molecule has 0 aliphatic rings. The average Bonchev–Trinajstić information content (AvgIpc) is 2.97. The summed E-state index contributed by atoms with van der Waals surface area (Å²) >= 11 is 1.27. The molecule has 0 fully saturated rings. The maximum absolute atomic E-state index is 12.4. The smallest absolute Gasteiger partial charge is 0.266 e. The molecule has 0 radical (unpaired) electrons. The lowest BCUT2D eigenvalue weighted by Crippen LogP contribution is -2.20. The van der Waals surface area contributed by atoms with Crippen LogP contribution in [0.2, 0.25) is 0 Å². The minimum atomic E-state index is -0.190. The first-order valence-corrected chi connectivity index (χ1v) is 8.96. The number of ether oxygens (including phenoxy) is 1. The summed E-state index contributed by atoms with van der Waals surface area (Å²) in [6.07, 6.45) is 3.31. The molecule has 0 spiro atoms. The Hall–Kier alpha value is -2.92. The first kappa shape index (κ1) is 17.9. The highest BCUT2D eigenvalue weighted by molar-refractivity contribution is 7.07. The number of carbonyl (C=O) groups is 1. The number of thiazole rings is 1. The average molecular weight is 365 g/mol. The minimum absolute atomic E-state index is 0.163. The van der Waals surface area contributed by atoms with E-state index in [1.54, 1.807) is 31.4 Å². The van der Waals surface area contributed by atoms with Gasteiger partial charge in [-0.05, 0) is 55.3 Å². The molecule has 0 saturated heterocycles. The lowest BCUT2D eigenvalue weighted by atomic mass is 10.1. The van der Waals surface area contributed by atoms with Crippen molar-refractivity contribution in [3.63, 3.8) is 0 Å². The molecule has 1 aromatic heterocycles. The van der Waals surface area contributed by atoms with Crippen LogP contribution in [0.5, 0.6) is 5.75 Å². The number of carbonyl (C=O) groups excluding carboxylic acids is 1. The molecule has 1 N–H and O–H groups in total. The van der Waals surface area contributed by atoms with Gasteiger partial charge >= 0.3 is 0 Å². The standard InChI is InChI=1S/C21H19NO3S/c1-13-4-5-14(2)16(10-13)11-19-21(24)22-20(26-19)12-18(23)15-6-8-17(25-3)9-7-15/h4-12H,1-3H3,(H,22,24)/b19-11+,20-12+. The van der Waals surface area contributed by atoms with Gasteiger partial charge in [-0.3, -0.25) is 9.59 Å². The monoisotopic (exact) mass is 365 g/mol. The normalized spacial score (nSPS) is 12.4. The number of ketones is 1. The van der Waals surface area contributed by atoms with Crippen LogP contribution in [0.3, 0.4) is 0 Å². The van der Waals surface area contributed by atoms with Gasteiger partial charge in [0.25, 0.3) is 5.56 Å². The van der Waals surface area contributed by atoms with Crippen molar-refractivity contribution in [3.8, 4) is 5.75 Å². The summed E-state index contributed by atoms with van der Waals surface area (Å²) in [7, 11) is 1.58. The van der Waals surface area contributed by atoms with Crippen LogP contribution < -0.4 is 19.5 Å². The van der Waals surface area contributed by atoms with Crippen molar-refractivity contribution >= 4 is 29.3 Å². The second kappa shape index (κ2) is 7.54. The number of rotatable bonds is 4. The fourth-order valence-electron chi connectivity index (χ4n) is 2.54. The van der Waals surface area contributed by atoms with E-state index in [1.165, 1.54) is 17.4 Å². The second-order valence-corrected chi connectivity index (χ2v) is 7.11. The Morgan fingerprint density at radius 2 is 1.85 bits per heavy atom. The molecule has 26 heavy (non-hydrogen) atoms. The molecule has 2 aromatic carbocycles. The van der Waals surface area contributed by atoms with Gasteiger partial charge in [-0.1, -0.05) is 23.8 Å². The van der Waals surface area contributed by atoms with Crippen molar-refractivity contribution in [2.75, 3.05) is 7.11 Å². The van der Waals surface area contributed by atoms with Crippen LogP contribution in [-0.4, -0.2) is 17.9 Å². The summed E-state index contributed by atoms with van der Waals surface area (Å²) in [5.41, 5.74) is 3.59. The first-order chi connectivity index (χ1) is 12.5. The molecule has 0 aliphatic heterocycles. The zero-order valence-corrected chi connectivity index (χ0v) is 15.6. The number of benzene rings is 2. The molecular weight excluding hydrogens is 346 g/mol. The molecule has 1 heterocycles. The fraction of sp³-hybridized carbons (Fsp3) is 0.143. The third-order valence-corrected chi connectivity index (χ3v) is 5.00. The van der Waals surface area contributed by atoms with Crippen molar-refractivity contribution in [2.24, 2.45) is 0 Å². The van der Waals surface area contributed by atoms with Crippen LogP contribution in [0.4, 0.5) is 0 Å². The number of hydrogen-bond donors (Lipinski definition) is 1. The van der Waals surface area contributed by atoms with Gasteiger partial charge in [0, 0.05) is 11.6 Å². The maximum atomic E-state index is 12.4. The predicted molar refractivity (Wildman–Crippen MR) is 105 cm³/mol. The third kappa shape index (κ3) is 4.00. The van der Waals surface area contributed by atoms with E-state index in [0.29, 0.717) is 20.5 Å². The molecule has 3 rings (SSSR count). The molecule has 0 amide bonds. The molecule has 0 aliphatic carbocycles. The Balaban J connectivity index is 1.97. The topological polar surface area (TPSA) is 59.2 Å². The van der Waals surface area contributed by atoms with Gasteiger partial charge in [-0.25, -0.2) is 0 Å². The van der Waals surface area contributed by atoms with E-state index in [-0.39, 0.29) is 11.3 Å². The summed E-state index contributed by atoms with van der Waals surface area (Å²) in [6, 6.07) is 13.0. The van der Waals surface area contributed by atoms with E-state index < -0.39 is 0 Å². The van der Waals surface area contributed by atoms with E-state index >= 15 is 0 Å². The van der Waals surface area contributed by atoms with Crippen molar-refractivity contribution in [1.82, 2.24) is 4.98 Å². The highest BCUT2D eigenvalue weighted by Crippen LogP contribution is 2.12. The largest absolute Gasteiger partial charge is 0.497 e. The van der Waals surface area contributed by atoms with Crippen LogP contribution in [0, 0.1) is 13.8 Å². The molecule has 3 aromatic rings. The Kier molecular flexibility index (Phi) is 5.19. The first-order valence-electron chi connectivity index (χ1n) is 8.14. The van der Waals surface area contributed by atoms with Crippen LogP contribution in [-0.2, 0) is 0 Å². The number of aryl methyl sites for hydroxylation is 2. The third-order valence-electron chi connectivity index (χ3n) is 4.04. The van der Waals surface area contributed by atoms with Gasteiger partial charge < -0.3 is 9.72 Å². The SMILES string of the molecule is COc1ccc(C(=O)/C=c2\[nH]c(=O)/c(=C\c3cc(C)ccc3C)s2)cc1. The van der Waals surface area contributed by atoms with Crippen molar-refractivity contribution in [3.05, 3.63) is 84.3 Å². The highest BCUT2D eigenvalue weighted by atomic mass is 32.1. The van der Waals surface area contributed by atoms with E-state index in [2.05, 4.69) is 4.98 Å². The van der Waals surface area contributed by atoms with Crippen molar-refractivity contribution in [1.29, 1.82) is 0 Å². The Morgan fingerprint density at radius 3 is 2.54 bits per heavy atom. The quantitative estimate of drug-likeness (QED) is 0.723. The summed E-state index contributed by atoms with van der Waals surface area (Å²) in [6.45, 7) is 4.02. The zero-order valence-electron chi connectivity index (χ0n) is 14.8. The van der Waals surface area contributed by atoms with Crippen molar-refractivity contribution < 1.29 is 9.53 Å². The molecule has 4 nitrogen and oxygen atoms in total. The lowest BCUT2D eigenvalue weighted by molar-refractivity contribution is 0.106. The molecule has 0 bridgehead atoms. The van der Waals surface area contributed by atoms with E-state index in [9.17, 15) is 9.59 Å². The molecule has 132 valence electrons. The molecular formula is C21H19NO3S. The second-order valence-electron chi connectivity index (χ2n) is 6.03. The van der Waals surface area contributed by atoms with Gasteiger partial charge in [0.1, 0.15) is 5.75 Å². The fourth-order valence-corrected chi connectivity index (χ4v) is 3.41. The van der Waals surface area contributed by atoms with Crippen LogP contribution in [0.15, 0.2) is 47.3 Å². The van der Waals surface area contributed by atoms with E-state index in [0.717, 1.165) is 16.7 Å². The Labute approximate surface area is 155 Å². The highest BCUT2D eigenvalue weighted by Gasteiger charge is 2.04. The van der Waals surface area contributed by atoms with E-state index in [1.807, 2.05) is 38.1 Å². The van der Waals surface area contributed by atoms with Gasteiger partial charge in [0.05, 0.1) is 16.3 Å². The van der Waals surface area contributed by atoms with Gasteiger partial charge in [-0.15, -0.1) is 11.3 Å². The number of nitrogens with one attached hydrogen (secondary N) is 1. The minimum Gasteiger partial charge on any atom is -0.497 e. The summed E-state index contributed by atoms with van der Waals surface area (Å²) in [4.78, 5) is 27.3. The zero-order chi connectivity index (χ0) is 18.7. The number of aromatic amines is 1. The summed E-state index contributed by atoms with van der Waals surface area (Å²) < 4.78 is 6.20. The Bertz CT molecular complexity index is 1120. The number of methoxy groups -OCH3 is 1. The van der Waals surface area contributed by atoms with Gasteiger partial charge in [0.15, 0.2) is 5.78 Å². The van der Waals surface area contributed by atoms with Crippen LogP contribution in [0.25, 0.3) is 12.2 Å². The summed E-state index contributed by atoms with van der Waals surface area (Å²) in [5, 5.41) is 0. The predicted octanol–water partition coefficient (Wildman–Crippen LogP) is 2.55. The molecule has 0 saturated carbocycles. The maximum Gasteiger partial charge on any atom is 0.266 e. The Morgan fingerprint density at radius 1 is 1.12 bits per heavy atom. The van der Waals surface area contributed by atoms with Crippen LogP contribution in [0.1, 0.15) is 27.0 Å². The molecule has 0 atom stereocenters. The lowest BCUT2D eigenvalue weighted by Gasteiger charge is -2.00. The summed E-state index contributed by atoms with van der Waals surface area (Å²) in [5.74, 6) is 0.528. The van der Waals surface area contributed by atoms with Crippen LogP contribution >= 0.6 is 11.3 Å². The number of H-pyrrole nitrogens is 1. The van der Waals surface area contributed by atoms with Gasteiger partial charge in [-0.2, -0.15) is 0 Å². The van der Waals surface area contributed by atoms with Crippen molar-refractivity contribution in [2.45, 2.75) is 13.8 Å². The number of hydrogen-bond acceptors (Lipinski definition) is 4. The molecule has 5 heteroatoms. The number of Topliss-reactive ketones (excluding diaryl/α,β-unsaturated/α-hetero) is 1. The molecule has 0 unspecified atom stereocenters.